The fourth-order valence-electron chi connectivity index (χ4n) is 4.33. The van der Waals surface area contributed by atoms with Crippen molar-refractivity contribution in [3.05, 3.63) is 90.0 Å². The monoisotopic (exact) mass is 551 g/mol. The number of carbonyl (C=O) groups excluding carboxylic acids is 2. The molecule has 0 saturated carbocycles. The number of benzene rings is 3. The second-order valence-corrected chi connectivity index (χ2v) is 11.1. The van der Waals surface area contributed by atoms with Gasteiger partial charge in [-0.2, -0.15) is 0 Å². The summed E-state index contributed by atoms with van der Waals surface area (Å²) in [7, 11) is -2.53. The summed E-state index contributed by atoms with van der Waals surface area (Å²) in [5, 5.41) is 2.89. The third kappa shape index (κ3) is 7.38. The molecule has 208 valence electrons. The van der Waals surface area contributed by atoms with Crippen molar-refractivity contribution in [3.8, 4) is 5.75 Å². The minimum atomic E-state index is -4.09. The molecule has 0 saturated heterocycles. The Morgan fingerprint density at radius 3 is 2.28 bits per heavy atom. The number of para-hydroxylation sites is 1. The predicted molar refractivity (Wildman–Crippen MR) is 153 cm³/mol. The van der Waals surface area contributed by atoms with Crippen LogP contribution in [0.15, 0.2) is 83.8 Å². The van der Waals surface area contributed by atoms with Crippen LogP contribution in [0, 0.1) is 6.92 Å². The summed E-state index contributed by atoms with van der Waals surface area (Å²) in [4.78, 5) is 28.8. The maximum atomic E-state index is 14.1. The molecular formula is C30H37N3O5S. The van der Waals surface area contributed by atoms with E-state index in [1.807, 2.05) is 32.0 Å². The molecule has 9 heteroatoms. The first-order valence-corrected chi connectivity index (χ1v) is 14.5. The van der Waals surface area contributed by atoms with Gasteiger partial charge in [-0.05, 0) is 61.2 Å². The molecule has 1 atom stereocenters. The summed E-state index contributed by atoms with van der Waals surface area (Å²) in [6.07, 6.45) is 1.11. The molecule has 0 bridgehead atoms. The van der Waals surface area contributed by atoms with E-state index >= 15 is 0 Å². The van der Waals surface area contributed by atoms with E-state index in [9.17, 15) is 18.0 Å². The third-order valence-corrected chi connectivity index (χ3v) is 8.19. The summed E-state index contributed by atoms with van der Waals surface area (Å²) in [5.41, 5.74) is 1.87. The van der Waals surface area contributed by atoms with Crippen LogP contribution in [0.2, 0.25) is 0 Å². The molecule has 0 fully saturated rings. The second kappa shape index (κ2) is 13.8. The van der Waals surface area contributed by atoms with Crippen LogP contribution in [0.1, 0.15) is 37.8 Å². The highest BCUT2D eigenvalue weighted by molar-refractivity contribution is 7.92. The van der Waals surface area contributed by atoms with E-state index in [0.717, 1.165) is 16.3 Å². The molecule has 0 aliphatic heterocycles. The Kier molecular flexibility index (Phi) is 10.5. The van der Waals surface area contributed by atoms with Crippen LogP contribution in [-0.4, -0.2) is 51.4 Å². The zero-order valence-corrected chi connectivity index (χ0v) is 23.8. The Bertz CT molecular complexity index is 1360. The lowest BCUT2D eigenvalue weighted by Crippen LogP contribution is -2.52. The summed E-state index contributed by atoms with van der Waals surface area (Å²) >= 11 is 0. The number of nitrogens with zero attached hydrogens (tertiary/aromatic N) is 2. The van der Waals surface area contributed by atoms with Crippen molar-refractivity contribution in [2.45, 2.75) is 51.1 Å². The van der Waals surface area contributed by atoms with Crippen molar-refractivity contribution in [1.29, 1.82) is 0 Å². The molecule has 1 unspecified atom stereocenters. The number of anilines is 1. The van der Waals surface area contributed by atoms with Crippen LogP contribution in [0.5, 0.6) is 5.75 Å². The summed E-state index contributed by atoms with van der Waals surface area (Å²) < 4.78 is 34.2. The van der Waals surface area contributed by atoms with Gasteiger partial charge >= 0.3 is 0 Å². The molecule has 3 aromatic carbocycles. The average Bonchev–Trinajstić information content (AvgIpc) is 2.95. The van der Waals surface area contributed by atoms with Crippen molar-refractivity contribution in [2.75, 3.05) is 24.5 Å². The van der Waals surface area contributed by atoms with Gasteiger partial charge in [-0.25, -0.2) is 8.42 Å². The molecule has 0 aromatic heterocycles. The largest absolute Gasteiger partial charge is 0.497 e. The number of aryl methyl sites for hydroxylation is 1. The Hall–Kier alpha value is -3.85. The Balaban J connectivity index is 2.06. The third-order valence-electron chi connectivity index (χ3n) is 6.42. The molecule has 0 spiro atoms. The van der Waals surface area contributed by atoms with E-state index in [4.69, 9.17) is 4.74 Å². The van der Waals surface area contributed by atoms with Gasteiger partial charge in [0.1, 0.15) is 18.3 Å². The van der Waals surface area contributed by atoms with Crippen LogP contribution >= 0.6 is 0 Å². The molecule has 3 rings (SSSR count). The number of sulfonamides is 1. The van der Waals surface area contributed by atoms with Crippen LogP contribution in [0.4, 0.5) is 5.69 Å². The van der Waals surface area contributed by atoms with Crippen LogP contribution in [0.3, 0.4) is 0 Å². The number of rotatable bonds is 13. The van der Waals surface area contributed by atoms with Gasteiger partial charge in [0.15, 0.2) is 0 Å². The number of ether oxygens (including phenoxy) is 1. The van der Waals surface area contributed by atoms with E-state index in [-0.39, 0.29) is 17.3 Å². The van der Waals surface area contributed by atoms with Gasteiger partial charge in [-0.1, -0.05) is 62.4 Å². The standard InChI is InChI=1S/C30H37N3O5S/c1-5-19-31-30(35)27(6-2)32(21-24-14-12-15-25(20-24)38-4)29(34)22-33(28-18-11-10-13-23(28)3)39(36,37)26-16-8-7-9-17-26/h7-18,20,27H,5-6,19,21-22H2,1-4H3,(H,31,35). The lowest BCUT2D eigenvalue weighted by Gasteiger charge is -2.33. The van der Waals surface area contributed by atoms with Gasteiger partial charge in [0.05, 0.1) is 17.7 Å². The number of methoxy groups -OCH3 is 1. The summed E-state index contributed by atoms with van der Waals surface area (Å²) in [6, 6.07) is 21.5. The normalized spacial score (nSPS) is 11.9. The van der Waals surface area contributed by atoms with E-state index < -0.39 is 28.5 Å². The lowest BCUT2D eigenvalue weighted by atomic mass is 10.1. The number of amides is 2. The van der Waals surface area contributed by atoms with Crippen LogP contribution < -0.4 is 14.4 Å². The Morgan fingerprint density at radius 1 is 0.949 bits per heavy atom. The molecule has 0 aliphatic rings. The van der Waals surface area contributed by atoms with E-state index in [1.165, 1.54) is 17.0 Å². The zero-order valence-electron chi connectivity index (χ0n) is 23.0. The SMILES string of the molecule is CCCNC(=O)C(CC)N(Cc1cccc(OC)c1)C(=O)CN(c1ccccc1C)S(=O)(=O)c1ccccc1. The zero-order chi connectivity index (χ0) is 28.4. The molecule has 2 amide bonds. The van der Waals surface area contributed by atoms with Gasteiger partial charge in [0, 0.05) is 13.1 Å². The van der Waals surface area contributed by atoms with Crippen molar-refractivity contribution >= 4 is 27.5 Å². The van der Waals surface area contributed by atoms with Gasteiger partial charge in [-0.15, -0.1) is 0 Å². The quantitative estimate of drug-likeness (QED) is 0.337. The molecule has 0 radical (unpaired) electrons. The van der Waals surface area contributed by atoms with Crippen molar-refractivity contribution in [1.82, 2.24) is 10.2 Å². The Morgan fingerprint density at radius 2 is 1.64 bits per heavy atom. The molecule has 0 aliphatic carbocycles. The fraction of sp³-hybridized carbons (Fsp3) is 0.333. The number of nitrogens with one attached hydrogen (secondary N) is 1. The first-order chi connectivity index (χ1) is 18.7. The minimum Gasteiger partial charge on any atom is -0.497 e. The first kappa shape index (κ1) is 29.7. The Labute approximate surface area is 231 Å². The van der Waals surface area contributed by atoms with Gasteiger partial charge in [0.25, 0.3) is 10.0 Å². The highest BCUT2D eigenvalue weighted by Crippen LogP contribution is 2.27. The average molecular weight is 552 g/mol. The molecule has 1 N–H and O–H groups in total. The van der Waals surface area contributed by atoms with Crippen LogP contribution in [0.25, 0.3) is 0 Å². The highest BCUT2D eigenvalue weighted by atomic mass is 32.2. The molecule has 0 heterocycles. The van der Waals surface area contributed by atoms with E-state index in [2.05, 4.69) is 5.32 Å². The lowest BCUT2D eigenvalue weighted by molar-refractivity contribution is -0.140. The van der Waals surface area contributed by atoms with E-state index in [1.54, 1.807) is 62.6 Å². The van der Waals surface area contributed by atoms with Crippen molar-refractivity contribution in [3.63, 3.8) is 0 Å². The van der Waals surface area contributed by atoms with Crippen LogP contribution in [-0.2, 0) is 26.2 Å². The van der Waals surface area contributed by atoms with E-state index in [0.29, 0.717) is 30.0 Å². The van der Waals surface area contributed by atoms with Gasteiger partial charge in [0.2, 0.25) is 11.8 Å². The topological polar surface area (TPSA) is 96.0 Å². The smallest absolute Gasteiger partial charge is 0.264 e. The number of hydrogen-bond acceptors (Lipinski definition) is 5. The van der Waals surface area contributed by atoms with Gasteiger partial charge in [-0.3, -0.25) is 13.9 Å². The summed E-state index contributed by atoms with van der Waals surface area (Å²) in [6.45, 7) is 5.71. The molecule has 39 heavy (non-hydrogen) atoms. The number of hydrogen-bond donors (Lipinski definition) is 1. The fourth-order valence-corrected chi connectivity index (χ4v) is 5.83. The molecule has 8 nitrogen and oxygen atoms in total. The maximum absolute atomic E-state index is 14.1. The van der Waals surface area contributed by atoms with Gasteiger partial charge < -0.3 is 15.0 Å². The highest BCUT2D eigenvalue weighted by Gasteiger charge is 2.34. The first-order valence-electron chi connectivity index (χ1n) is 13.1. The predicted octanol–water partition coefficient (Wildman–Crippen LogP) is 4.53. The molecular weight excluding hydrogens is 514 g/mol. The second-order valence-electron chi connectivity index (χ2n) is 9.20. The minimum absolute atomic E-state index is 0.0770. The number of carbonyl (C=O) groups is 2. The van der Waals surface area contributed by atoms with Crippen molar-refractivity contribution in [2.24, 2.45) is 0 Å². The molecule has 3 aromatic rings. The maximum Gasteiger partial charge on any atom is 0.264 e. The van der Waals surface area contributed by atoms with Crippen molar-refractivity contribution < 1.29 is 22.7 Å². The summed E-state index contributed by atoms with van der Waals surface area (Å²) in [5.74, 6) is -0.139.